The highest BCUT2D eigenvalue weighted by Crippen LogP contribution is 2.29. The lowest BCUT2D eigenvalue weighted by Crippen LogP contribution is -2.25. The molecule has 1 heterocycles. The molecule has 1 saturated heterocycles. The molecule has 2 rings (SSSR count). The highest BCUT2D eigenvalue weighted by molar-refractivity contribution is 6.40. The first-order chi connectivity index (χ1) is 7.24. The van der Waals surface area contributed by atoms with Crippen LogP contribution in [0.5, 0.6) is 0 Å². The van der Waals surface area contributed by atoms with Gasteiger partial charge in [-0.15, -0.1) is 0 Å². The normalized spacial score (nSPS) is 23.8. The van der Waals surface area contributed by atoms with Gasteiger partial charge in [-0.3, -0.25) is 10.0 Å². The highest BCUT2D eigenvalue weighted by Gasteiger charge is 2.37. The summed E-state index contributed by atoms with van der Waals surface area (Å²) in [5, 5.41) is 21.5. The van der Waals surface area contributed by atoms with Gasteiger partial charge in [-0.1, -0.05) is 35.5 Å². The topological polar surface area (TPSA) is 73.1 Å². The Morgan fingerprint density at radius 2 is 2.00 bits per heavy atom. The molecule has 1 fully saturated rings. The van der Waals surface area contributed by atoms with Crippen molar-refractivity contribution in [3.8, 4) is 0 Å². The van der Waals surface area contributed by atoms with E-state index in [2.05, 4.69) is 5.16 Å². The molecule has 5 heteroatoms. The number of benzene rings is 1. The van der Waals surface area contributed by atoms with Crippen LogP contribution in [0.1, 0.15) is 18.0 Å². The molecule has 1 aliphatic heterocycles. The Labute approximate surface area is 86.2 Å². The lowest BCUT2D eigenvalue weighted by Gasteiger charge is -2.16. The Hall–Kier alpha value is -1.88. The number of oxime groups is 1. The zero-order valence-corrected chi connectivity index (χ0v) is 7.87. The summed E-state index contributed by atoms with van der Waals surface area (Å²) in [4.78, 5) is 11.3. The maximum Gasteiger partial charge on any atom is 0.295 e. The van der Waals surface area contributed by atoms with Gasteiger partial charge in [-0.2, -0.15) is 0 Å². The second-order valence-corrected chi connectivity index (χ2v) is 3.33. The smallest absolute Gasteiger partial charge is 0.295 e. The SMILES string of the molecule is O=C1/C(=N\O)CC(c2ccccc2)N1O. The molecule has 0 aliphatic carbocycles. The third-order valence-electron chi connectivity index (χ3n) is 2.44. The maximum absolute atomic E-state index is 11.3. The fourth-order valence-corrected chi connectivity index (χ4v) is 1.65. The number of amides is 1. The second-order valence-electron chi connectivity index (χ2n) is 3.33. The van der Waals surface area contributed by atoms with Crippen LogP contribution in [0.2, 0.25) is 0 Å². The summed E-state index contributed by atoms with van der Waals surface area (Å²) in [7, 11) is 0. The minimum atomic E-state index is -0.647. The summed E-state index contributed by atoms with van der Waals surface area (Å²) in [6.45, 7) is 0. The lowest BCUT2D eigenvalue weighted by molar-refractivity contribution is -0.162. The van der Waals surface area contributed by atoms with Crippen LogP contribution < -0.4 is 0 Å². The predicted molar refractivity (Wildman–Crippen MR) is 51.7 cm³/mol. The minimum absolute atomic E-state index is 0.0219. The molecule has 0 spiro atoms. The first-order valence-electron chi connectivity index (χ1n) is 4.52. The molecule has 0 bridgehead atoms. The van der Waals surface area contributed by atoms with E-state index in [0.29, 0.717) is 5.06 Å². The summed E-state index contributed by atoms with van der Waals surface area (Å²) in [5.41, 5.74) is 0.790. The van der Waals surface area contributed by atoms with Gasteiger partial charge in [0.2, 0.25) is 0 Å². The van der Waals surface area contributed by atoms with E-state index in [1.165, 1.54) is 0 Å². The molecule has 1 aromatic rings. The predicted octanol–water partition coefficient (Wildman–Crippen LogP) is 1.18. The number of hydrogen-bond donors (Lipinski definition) is 2. The third-order valence-corrected chi connectivity index (χ3v) is 2.44. The standard InChI is InChI=1S/C10H10N2O3/c13-10-8(11-14)6-9(12(10)15)7-4-2-1-3-5-7/h1-5,9,14-15H,6H2/b11-8-. The van der Waals surface area contributed by atoms with Crippen LogP contribution in [0.4, 0.5) is 0 Å². The van der Waals surface area contributed by atoms with Gasteiger partial charge in [-0.05, 0) is 5.56 Å². The lowest BCUT2D eigenvalue weighted by atomic mass is 10.1. The number of rotatable bonds is 1. The van der Waals surface area contributed by atoms with E-state index in [4.69, 9.17) is 5.21 Å². The summed E-state index contributed by atoms with van der Waals surface area (Å²) in [5.74, 6) is -0.647. The Morgan fingerprint density at radius 3 is 2.53 bits per heavy atom. The average Bonchev–Trinajstić information content (AvgIpc) is 2.57. The number of nitrogens with zero attached hydrogens (tertiary/aromatic N) is 2. The van der Waals surface area contributed by atoms with Crippen molar-refractivity contribution >= 4 is 11.6 Å². The molecule has 1 amide bonds. The first-order valence-corrected chi connectivity index (χ1v) is 4.52. The molecule has 0 saturated carbocycles. The van der Waals surface area contributed by atoms with Gasteiger partial charge >= 0.3 is 0 Å². The van der Waals surface area contributed by atoms with E-state index in [1.807, 2.05) is 30.3 Å². The molecular weight excluding hydrogens is 196 g/mol. The largest absolute Gasteiger partial charge is 0.410 e. The van der Waals surface area contributed by atoms with Crippen molar-refractivity contribution < 1.29 is 15.2 Å². The van der Waals surface area contributed by atoms with Crippen molar-refractivity contribution in [3.63, 3.8) is 0 Å². The molecule has 0 radical (unpaired) electrons. The maximum atomic E-state index is 11.3. The molecule has 1 unspecified atom stereocenters. The Bertz CT molecular complexity index is 402. The number of hydroxylamine groups is 2. The van der Waals surface area contributed by atoms with Gasteiger partial charge in [-0.25, -0.2) is 5.06 Å². The van der Waals surface area contributed by atoms with Gasteiger partial charge in [0.25, 0.3) is 5.91 Å². The van der Waals surface area contributed by atoms with Crippen molar-refractivity contribution in [2.75, 3.05) is 0 Å². The van der Waals surface area contributed by atoms with E-state index in [0.717, 1.165) is 5.56 Å². The van der Waals surface area contributed by atoms with Crippen LogP contribution in [0.15, 0.2) is 35.5 Å². The Kier molecular flexibility index (Phi) is 2.39. The van der Waals surface area contributed by atoms with Crippen LogP contribution in [-0.4, -0.2) is 27.1 Å². The molecule has 0 aromatic heterocycles. The monoisotopic (exact) mass is 206 g/mol. The molecule has 78 valence electrons. The fraction of sp³-hybridized carbons (Fsp3) is 0.200. The van der Waals surface area contributed by atoms with E-state index in [-0.39, 0.29) is 12.1 Å². The molecule has 1 aliphatic rings. The molecule has 1 atom stereocenters. The molecule has 15 heavy (non-hydrogen) atoms. The zero-order chi connectivity index (χ0) is 10.8. The van der Waals surface area contributed by atoms with E-state index in [9.17, 15) is 10.0 Å². The van der Waals surface area contributed by atoms with Gasteiger partial charge < -0.3 is 5.21 Å². The quantitative estimate of drug-likeness (QED) is 0.411. The van der Waals surface area contributed by atoms with Gasteiger partial charge in [0.1, 0.15) is 5.71 Å². The van der Waals surface area contributed by atoms with Gasteiger partial charge in [0.05, 0.1) is 6.04 Å². The van der Waals surface area contributed by atoms with Gasteiger partial charge in [0, 0.05) is 6.42 Å². The number of carbonyl (C=O) groups excluding carboxylic acids is 1. The van der Waals surface area contributed by atoms with Crippen molar-refractivity contribution in [1.82, 2.24) is 5.06 Å². The molecule has 2 N–H and O–H groups in total. The van der Waals surface area contributed by atoms with Crippen LogP contribution in [0, 0.1) is 0 Å². The van der Waals surface area contributed by atoms with Crippen molar-refractivity contribution in [2.24, 2.45) is 5.16 Å². The van der Waals surface area contributed by atoms with Gasteiger partial charge in [0.15, 0.2) is 0 Å². The Balaban J connectivity index is 2.30. The summed E-state index contributed by atoms with van der Waals surface area (Å²) >= 11 is 0. The fourth-order valence-electron chi connectivity index (χ4n) is 1.65. The van der Waals surface area contributed by atoms with Crippen molar-refractivity contribution in [3.05, 3.63) is 35.9 Å². The van der Waals surface area contributed by atoms with Crippen LogP contribution in [0.3, 0.4) is 0 Å². The van der Waals surface area contributed by atoms with Crippen LogP contribution >= 0.6 is 0 Å². The van der Waals surface area contributed by atoms with E-state index in [1.54, 1.807) is 0 Å². The molecular formula is C10H10N2O3. The summed E-state index contributed by atoms with van der Waals surface area (Å²) < 4.78 is 0. The highest BCUT2D eigenvalue weighted by atomic mass is 16.5. The van der Waals surface area contributed by atoms with E-state index < -0.39 is 11.9 Å². The number of hydrogen-bond acceptors (Lipinski definition) is 4. The average molecular weight is 206 g/mol. The molecule has 5 nitrogen and oxygen atoms in total. The second kappa shape index (κ2) is 3.70. The van der Waals surface area contributed by atoms with E-state index >= 15 is 0 Å². The van der Waals surface area contributed by atoms with Crippen LogP contribution in [0.25, 0.3) is 0 Å². The third kappa shape index (κ3) is 1.57. The first kappa shape index (κ1) is 9.67. The number of carbonyl (C=O) groups is 1. The zero-order valence-electron chi connectivity index (χ0n) is 7.87. The summed E-state index contributed by atoms with van der Waals surface area (Å²) in [6, 6.07) is 8.65. The van der Waals surface area contributed by atoms with Crippen molar-refractivity contribution in [1.29, 1.82) is 0 Å². The van der Waals surface area contributed by atoms with Crippen molar-refractivity contribution in [2.45, 2.75) is 12.5 Å². The Morgan fingerprint density at radius 1 is 1.33 bits per heavy atom. The summed E-state index contributed by atoms with van der Waals surface area (Å²) in [6.07, 6.45) is 0.218. The minimum Gasteiger partial charge on any atom is -0.410 e. The molecule has 1 aromatic carbocycles. The van der Waals surface area contributed by atoms with Crippen LogP contribution in [-0.2, 0) is 4.79 Å².